The van der Waals surface area contributed by atoms with Crippen LogP contribution in [0.1, 0.15) is 13.8 Å². The zero-order chi connectivity index (χ0) is 11.4. The summed E-state index contributed by atoms with van der Waals surface area (Å²) in [4.78, 5) is 10.6. The van der Waals surface area contributed by atoms with Gasteiger partial charge in [-0.15, -0.1) is 0 Å². The number of benzene rings is 1. The molecule has 3 nitrogen and oxygen atoms in total. The van der Waals surface area contributed by atoms with Crippen LogP contribution < -0.4 is 5.30 Å². The van der Waals surface area contributed by atoms with E-state index in [2.05, 4.69) is 0 Å². The maximum atomic E-state index is 10.6. The third kappa shape index (κ3) is 2.76. The second-order valence-electron chi connectivity index (χ2n) is 3.48. The summed E-state index contributed by atoms with van der Waals surface area (Å²) in [6.07, 6.45) is 0. The summed E-state index contributed by atoms with van der Waals surface area (Å²) < 4.78 is 11.0. The van der Waals surface area contributed by atoms with Crippen molar-refractivity contribution in [3.05, 3.63) is 30.3 Å². The molecule has 0 saturated carbocycles. The average Bonchev–Trinajstić information content (AvgIpc) is 2.19. The third-order valence-corrected chi connectivity index (χ3v) is 5.41. The summed E-state index contributed by atoms with van der Waals surface area (Å²) in [6, 6.07) is 9.31. The van der Waals surface area contributed by atoms with Crippen LogP contribution in [0.4, 0.5) is 0 Å². The molecule has 1 N–H and O–H groups in total. The van der Waals surface area contributed by atoms with Crippen LogP contribution in [0.25, 0.3) is 0 Å². The van der Waals surface area contributed by atoms with E-state index in [1.807, 2.05) is 44.2 Å². The van der Waals surface area contributed by atoms with E-state index in [9.17, 15) is 4.89 Å². The Morgan fingerprint density at radius 2 is 1.53 bits per heavy atom. The minimum atomic E-state index is -3.60. The van der Waals surface area contributed by atoms with Gasteiger partial charge in [0.1, 0.15) is 0 Å². The third-order valence-electron chi connectivity index (χ3n) is 2.21. The van der Waals surface area contributed by atoms with Gasteiger partial charge in [-0.1, -0.05) is 0 Å². The van der Waals surface area contributed by atoms with Crippen molar-refractivity contribution in [2.45, 2.75) is 13.8 Å². The monoisotopic (exact) mass is 230 g/mol. The Bertz CT molecular complexity index is 301. The molecule has 0 aliphatic carbocycles. The van der Waals surface area contributed by atoms with Crippen molar-refractivity contribution in [2.24, 2.45) is 0 Å². The molecule has 1 rings (SSSR count). The van der Waals surface area contributed by atoms with Gasteiger partial charge in [0.25, 0.3) is 0 Å². The summed E-state index contributed by atoms with van der Waals surface area (Å²) in [5.41, 5.74) is 0. The molecule has 0 amide bonds. The normalized spacial score (nSPS) is 14.5. The topological polar surface area (TPSA) is 38.7 Å². The van der Waals surface area contributed by atoms with Gasteiger partial charge in [0.2, 0.25) is 0 Å². The molecule has 0 bridgehead atoms. The maximum absolute atomic E-state index is 10.6. The van der Waals surface area contributed by atoms with E-state index >= 15 is 0 Å². The zero-order valence-electron chi connectivity index (χ0n) is 9.51. The Balaban J connectivity index is 3.11. The summed E-state index contributed by atoms with van der Waals surface area (Å²) in [5, 5.41) is 0.729. The summed E-state index contributed by atoms with van der Waals surface area (Å²) in [6.45, 7) is 6.22. The van der Waals surface area contributed by atoms with Crippen molar-refractivity contribution < 1.29 is 13.9 Å². The number of hydrogen-bond acceptors (Lipinski definition) is 3. The SMILES string of the molecule is CCOP(C)(O)(OCC)c1ccccc1. The van der Waals surface area contributed by atoms with Crippen molar-refractivity contribution in [3.63, 3.8) is 0 Å². The van der Waals surface area contributed by atoms with E-state index in [1.54, 1.807) is 6.66 Å². The number of rotatable bonds is 5. The van der Waals surface area contributed by atoms with E-state index in [0.29, 0.717) is 13.2 Å². The summed E-state index contributed by atoms with van der Waals surface area (Å²) in [7, 11) is -3.60. The Labute approximate surface area is 91.2 Å². The van der Waals surface area contributed by atoms with E-state index < -0.39 is 7.28 Å². The predicted molar refractivity (Wildman–Crippen MR) is 64.4 cm³/mol. The minimum absolute atomic E-state index is 0.430. The Hall–Kier alpha value is -0.470. The van der Waals surface area contributed by atoms with Crippen molar-refractivity contribution in [1.82, 2.24) is 0 Å². The van der Waals surface area contributed by atoms with Crippen LogP contribution in [-0.4, -0.2) is 24.8 Å². The van der Waals surface area contributed by atoms with E-state index in [4.69, 9.17) is 9.05 Å². The molecule has 0 saturated heterocycles. The molecule has 0 atom stereocenters. The first-order chi connectivity index (χ1) is 7.02. The number of hydrogen-bond donors (Lipinski definition) is 1. The molecular weight excluding hydrogens is 211 g/mol. The fourth-order valence-electron chi connectivity index (χ4n) is 1.56. The molecule has 1 aromatic carbocycles. The molecule has 0 fully saturated rings. The molecule has 0 aliphatic heterocycles. The van der Waals surface area contributed by atoms with Crippen LogP contribution in [0.3, 0.4) is 0 Å². The van der Waals surface area contributed by atoms with Crippen LogP contribution in [0.2, 0.25) is 0 Å². The molecule has 86 valence electrons. The van der Waals surface area contributed by atoms with Crippen molar-refractivity contribution in [3.8, 4) is 0 Å². The van der Waals surface area contributed by atoms with Crippen LogP contribution in [0.5, 0.6) is 0 Å². The van der Waals surface area contributed by atoms with E-state index in [-0.39, 0.29) is 0 Å². The summed E-state index contributed by atoms with van der Waals surface area (Å²) in [5.74, 6) is 0. The van der Waals surface area contributed by atoms with Crippen LogP contribution in [-0.2, 0) is 9.05 Å². The van der Waals surface area contributed by atoms with Crippen LogP contribution in [0.15, 0.2) is 30.3 Å². The molecule has 4 heteroatoms. The molecule has 0 spiro atoms. The van der Waals surface area contributed by atoms with Crippen molar-refractivity contribution >= 4 is 12.6 Å². The van der Waals surface area contributed by atoms with Crippen LogP contribution >= 0.6 is 7.28 Å². The molecule has 0 aromatic heterocycles. The molecule has 0 heterocycles. The molecular formula is C11H19O3P. The Kier molecular flexibility index (Phi) is 3.85. The quantitative estimate of drug-likeness (QED) is 0.789. The first kappa shape index (κ1) is 12.6. The van der Waals surface area contributed by atoms with Crippen molar-refractivity contribution in [1.29, 1.82) is 0 Å². The standard InChI is InChI=1S/C11H19O3P/c1-4-13-15(3,12,14-5-2)11-9-7-6-8-10-11/h6-10,12H,4-5H2,1-3H3. The van der Waals surface area contributed by atoms with Gasteiger partial charge in [-0.25, -0.2) is 0 Å². The Morgan fingerprint density at radius 3 is 1.93 bits per heavy atom. The van der Waals surface area contributed by atoms with E-state index in [1.165, 1.54) is 0 Å². The van der Waals surface area contributed by atoms with Crippen LogP contribution in [0, 0.1) is 0 Å². The van der Waals surface area contributed by atoms with Gasteiger partial charge >= 0.3 is 90.6 Å². The molecule has 1 aromatic rings. The molecule has 0 unspecified atom stereocenters. The fourth-order valence-corrected chi connectivity index (χ4v) is 4.00. The second-order valence-corrected chi connectivity index (χ2v) is 7.13. The van der Waals surface area contributed by atoms with Gasteiger partial charge in [-0.2, -0.15) is 0 Å². The fraction of sp³-hybridized carbons (Fsp3) is 0.455. The zero-order valence-corrected chi connectivity index (χ0v) is 10.4. The molecule has 0 aliphatic rings. The first-order valence-electron chi connectivity index (χ1n) is 5.14. The van der Waals surface area contributed by atoms with Gasteiger partial charge in [0, 0.05) is 0 Å². The summed E-state index contributed by atoms with van der Waals surface area (Å²) >= 11 is 0. The average molecular weight is 230 g/mol. The Morgan fingerprint density at radius 1 is 1.07 bits per heavy atom. The molecule has 15 heavy (non-hydrogen) atoms. The van der Waals surface area contributed by atoms with Gasteiger partial charge in [-0.05, 0) is 0 Å². The first-order valence-corrected chi connectivity index (χ1v) is 7.61. The van der Waals surface area contributed by atoms with Gasteiger partial charge in [0.05, 0.1) is 0 Å². The second kappa shape index (κ2) is 4.58. The van der Waals surface area contributed by atoms with Gasteiger partial charge < -0.3 is 0 Å². The van der Waals surface area contributed by atoms with Crippen molar-refractivity contribution in [2.75, 3.05) is 19.9 Å². The van der Waals surface area contributed by atoms with Gasteiger partial charge in [0.15, 0.2) is 0 Å². The predicted octanol–water partition coefficient (Wildman–Crippen LogP) is 2.31. The van der Waals surface area contributed by atoms with Gasteiger partial charge in [-0.3, -0.25) is 0 Å². The molecule has 0 radical (unpaired) electrons. The van der Waals surface area contributed by atoms with E-state index in [0.717, 1.165) is 5.30 Å².